The fourth-order valence-corrected chi connectivity index (χ4v) is 4.72. The van der Waals surface area contributed by atoms with Crippen LogP contribution in [0, 0.1) is 5.92 Å². The van der Waals surface area contributed by atoms with Crippen molar-refractivity contribution >= 4 is 30.0 Å². The summed E-state index contributed by atoms with van der Waals surface area (Å²) in [4.78, 5) is 26.6. The second kappa shape index (κ2) is 9.61. The van der Waals surface area contributed by atoms with Gasteiger partial charge in [-0.05, 0) is 55.7 Å². The Morgan fingerprint density at radius 2 is 1.89 bits per heavy atom. The van der Waals surface area contributed by atoms with Crippen LogP contribution >= 0.6 is 12.4 Å². The number of halogens is 1. The molecule has 0 radical (unpaired) electrons. The molecule has 3 fully saturated rings. The number of anilines is 1. The van der Waals surface area contributed by atoms with Crippen LogP contribution in [0.15, 0.2) is 24.3 Å². The molecule has 2 heterocycles. The molecular formula is C21H31ClN4O2. The Labute approximate surface area is 173 Å². The standard InChI is InChI=1S/C21H30N4O2.ClH/c26-20(19-13-16-7-1-2-9-18(16)24-19)22-14-15-6-5-8-17(12-15)23-21(27)25-10-3-4-11-25;/h5-6,8,12,16,18-19,24H,1-4,7,9-11,13-14H2,(H,22,26)(H,23,27);1H. The molecule has 6 nitrogen and oxygen atoms in total. The quantitative estimate of drug-likeness (QED) is 0.718. The number of benzene rings is 1. The van der Waals surface area contributed by atoms with Gasteiger partial charge in [0.1, 0.15) is 0 Å². The number of nitrogens with one attached hydrogen (secondary N) is 3. The molecule has 1 saturated carbocycles. The maximum absolute atomic E-state index is 12.5. The first-order valence-corrected chi connectivity index (χ1v) is 10.4. The maximum atomic E-state index is 12.5. The first kappa shape index (κ1) is 20.9. The van der Waals surface area contributed by atoms with Crippen LogP contribution in [0.3, 0.4) is 0 Å². The lowest BCUT2D eigenvalue weighted by molar-refractivity contribution is -0.123. The van der Waals surface area contributed by atoms with Gasteiger partial charge in [0, 0.05) is 31.4 Å². The number of fused-ring (bicyclic) bond motifs is 1. The van der Waals surface area contributed by atoms with Crippen LogP contribution in [-0.4, -0.2) is 42.0 Å². The Morgan fingerprint density at radius 3 is 2.68 bits per heavy atom. The molecule has 3 N–H and O–H groups in total. The molecule has 154 valence electrons. The lowest BCUT2D eigenvalue weighted by atomic mass is 9.85. The van der Waals surface area contributed by atoms with Gasteiger partial charge in [-0.2, -0.15) is 0 Å². The topological polar surface area (TPSA) is 73.5 Å². The normalized spacial score (nSPS) is 26.3. The summed E-state index contributed by atoms with van der Waals surface area (Å²) < 4.78 is 0. The highest BCUT2D eigenvalue weighted by molar-refractivity contribution is 5.89. The number of carbonyl (C=O) groups is 2. The third-order valence-corrected chi connectivity index (χ3v) is 6.22. The molecule has 3 amide bonds. The number of hydrogen-bond donors (Lipinski definition) is 3. The Kier molecular flexibility index (Phi) is 7.18. The molecule has 2 saturated heterocycles. The minimum absolute atomic E-state index is 0. The van der Waals surface area contributed by atoms with E-state index in [1.165, 1.54) is 25.7 Å². The Bertz CT molecular complexity index is 679. The zero-order chi connectivity index (χ0) is 18.6. The number of hydrogen-bond acceptors (Lipinski definition) is 3. The third kappa shape index (κ3) is 4.97. The third-order valence-electron chi connectivity index (χ3n) is 6.22. The van der Waals surface area contributed by atoms with Crippen molar-refractivity contribution in [1.82, 2.24) is 15.5 Å². The van der Waals surface area contributed by atoms with Gasteiger partial charge in [-0.1, -0.05) is 25.0 Å². The Balaban J connectivity index is 0.00000225. The Morgan fingerprint density at radius 1 is 1.11 bits per heavy atom. The second-order valence-electron chi connectivity index (χ2n) is 8.15. The number of urea groups is 1. The van der Waals surface area contributed by atoms with E-state index >= 15 is 0 Å². The number of rotatable bonds is 4. The Hall–Kier alpha value is -1.79. The molecule has 7 heteroatoms. The first-order chi connectivity index (χ1) is 13.2. The van der Waals surface area contributed by atoms with E-state index in [0.717, 1.165) is 43.6 Å². The van der Waals surface area contributed by atoms with Crippen molar-refractivity contribution in [2.24, 2.45) is 5.92 Å². The van der Waals surface area contributed by atoms with Gasteiger partial charge in [0.25, 0.3) is 0 Å². The zero-order valence-corrected chi connectivity index (χ0v) is 17.1. The molecule has 28 heavy (non-hydrogen) atoms. The molecular weight excluding hydrogens is 376 g/mol. The molecule has 3 unspecified atom stereocenters. The van der Waals surface area contributed by atoms with Gasteiger partial charge in [0.15, 0.2) is 0 Å². The molecule has 3 aliphatic rings. The van der Waals surface area contributed by atoms with Crippen molar-refractivity contribution in [3.05, 3.63) is 29.8 Å². The summed E-state index contributed by atoms with van der Waals surface area (Å²) >= 11 is 0. The first-order valence-electron chi connectivity index (χ1n) is 10.4. The summed E-state index contributed by atoms with van der Waals surface area (Å²) in [6.07, 6.45) is 8.15. The van der Waals surface area contributed by atoms with E-state index in [9.17, 15) is 9.59 Å². The van der Waals surface area contributed by atoms with Crippen LogP contribution in [-0.2, 0) is 11.3 Å². The van der Waals surface area contributed by atoms with Crippen LogP contribution in [0.5, 0.6) is 0 Å². The van der Waals surface area contributed by atoms with Crippen LogP contribution < -0.4 is 16.0 Å². The van der Waals surface area contributed by atoms with Crippen molar-refractivity contribution < 1.29 is 9.59 Å². The summed E-state index contributed by atoms with van der Waals surface area (Å²) in [7, 11) is 0. The van der Waals surface area contributed by atoms with E-state index in [1.807, 2.05) is 29.2 Å². The van der Waals surface area contributed by atoms with E-state index in [0.29, 0.717) is 18.5 Å². The molecule has 1 aromatic rings. The SMILES string of the molecule is Cl.O=C(NCc1cccc(NC(=O)N2CCCC2)c1)C1CC2CCCCC2N1. The van der Waals surface area contributed by atoms with Crippen molar-refractivity contribution in [2.75, 3.05) is 18.4 Å². The molecule has 1 aromatic carbocycles. The molecule has 1 aliphatic carbocycles. The monoisotopic (exact) mass is 406 g/mol. The van der Waals surface area contributed by atoms with Crippen LogP contribution in [0.2, 0.25) is 0 Å². The minimum atomic E-state index is -0.0591. The minimum Gasteiger partial charge on any atom is -0.351 e. The highest BCUT2D eigenvalue weighted by Gasteiger charge is 2.37. The van der Waals surface area contributed by atoms with Crippen LogP contribution in [0.4, 0.5) is 10.5 Å². The summed E-state index contributed by atoms with van der Waals surface area (Å²) in [5.74, 6) is 0.759. The highest BCUT2D eigenvalue weighted by Crippen LogP contribution is 2.33. The van der Waals surface area contributed by atoms with Crippen LogP contribution in [0.1, 0.15) is 50.5 Å². The highest BCUT2D eigenvalue weighted by atomic mass is 35.5. The maximum Gasteiger partial charge on any atom is 0.321 e. The molecule has 4 rings (SSSR count). The van der Waals surface area contributed by atoms with Gasteiger partial charge in [-0.25, -0.2) is 4.79 Å². The fraction of sp³-hybridized carbons (Fsp3) is 0.619. The van der Waals surface area contributed by atoms with E-state index in [1.54, 1.807) is 0 Å². The van der Waals surface area contributed by atoms with E-state index in [4.69, 9.17) is 0 Å². The van der Waals surface area contributed by atoms with Gasteiger partial charge in [-0.15, -0.1) is 12.4 Å². The summed E-state index contributed by atoms with van der Waals surface area (Å²) in [6, 6.07) is 8.16. The predicted molar refractivity (Wildman–Crippen MR) is 113 cm³/mol. The van der Waals surface area contributed by atoms with Gasteiger partial charge in [-0.3, -0.25) is 4.79 Å². The molecule has 0 spiro atoms. The molecule has 0 bridgehead atoms. The summed E-state index contributed by atoms with van der Waals surface area (Å²) in [6.45, 7) is 2.15. The second-order valence-corrected chi connectivity index (χ2v) is 8.15. The van der Waals surface area contributed by atoms with Crippen molar-refractivity contribution in [1.29, 1.82) is 0 Å². The molecule has 0 aromatic heterocycles. The van der Waals surface area contributed by atoms with Gasteiger partial charge in [0.05, 0.1) is 6.04 Å². The average Bonchev–Trinajstić information content (AvgIpc) is 3.36. The summed E-state index contributed by atoms with van der Waals surface area (Å²) in [5, 5.41) is 9.55. The van der Waals surface area contributed by atoms with E-state index in [2.05, 4.69) is 16.0 Å². The lowest BCUT2D eigenvalue weighted by Gasteiger charge is -2.24. The average molecular weight is 407 g/mol. The zero-order valence-electron chi connectivity index (χ0n) is 16.3. The van der Waals surface area contributed by atoms with Crippen molar-refractivity contribution in [3.63, 3.8) is 0 Å². The van der Waals surface area contributed by atoms with Crippen LogP contribution in [0.25, 0.3) is 0 Å². The van der Waals surface area contributed by atoms with Crippen molar-refractivity contribution in [3.8, 4) is 0 Å². The van der Waals surface area contributed by atoms with E-state index in [-0.39, 0.29) is 30.4 Å². The lowest BCUT2D eigenvalue weighted by Crippen LogP contribution is -2.42. The smallest absolute Gasteiger partial charge is 0.321 e. The van der Waals surface area contributed by atoms with Gasteiger partial charge < -0.3 is 20.9 Å². The summed E-state index contributed by atoms with van der Waals surface area (Å²) in [5.41, 5.74) is 1.78. The number of nitrogens with zero attached hydrogens (tertiary/aromatic N) is 1. The predicted octanol–water partition coefficient (Wildman–Crippen LogP) is 3.27. The molecule has 2 aliphatic heterocycles. The van der Waals surface area contributed by atoms with E-state index < -0.39 is 0 Å². The van der Waals surface area contributed by atoms with Gasteiger partial charge >= 0.3 is 6.03 Å². The molecule has 3 atom stereocenters. The fourth-order valence-electron chi connectivity index (χ4n) is 4.72. The van der Waals surface area contributed by atoms with Crippen molar-refractivity contribution in [2.45, 2.75) is 63.6 Å². The number of likely N-dealkylation sites (tertiary alicyclic amines) is 1. The van der Waals surface area contributed by atoms with Gasteiger partial charge in [0.2, 0.25) is 5.91 Å². The number of carbonyl (C=O) groups excluding carboxylic acids is 2. The number of amides is 3. The largest absolute Gasteiger partial charge is 0.351 e.